The highest BCUT2D eigenvalue weighted by Gasteiger charge is 2.30. The van der Waals surface area contributed by atoms with E-state index in [1.807, 2.05) is 31.2 Å². The van der Waals surface area contributed by atoms with Gasteiger partial charge in [-0.05, 0) is 25.8 Å². The van der Waals surface area contributed by atoms with Gasteiger partial charge in [-0.3, -0.25) is 9.59 Å². The van der Waals surface area contributed by atoms with Crippen molar-refractivity contribution in [3.8, 4) is 0 Å². The maximum absolute atomic E-state index is 12.5. The second kappa shape index (κ2) is 7.59. The van der Waals surface area contributed by atoms with Gasteiger partial charge in [0.05, 0.1) is 18.6 Å². The molecule has 5 nitrogen and oxygen atoms in total. The van der Waals surface area contributed by atoms with Gasteiger partial charge in [0.1, 0.15) is 0 Å². The lowest BCUT2D eigenvalue weighted by Crippen LogP contribution is -2.35. The van der Waals surface area contributed by atoms with Crippen LogP contribution in [0.4, 0.5) is 0 Å². The fourth-order valence-corrected chi connectivity index (χ4v) is 3.01. The second-order valence-electron chi connectivity index (χ2n) is 6.50. The highest BCUT2D eigenvalue weighted by Crippen LogP contribution is 2.24. The summed E-state index contributed by atoms with van der Waals surface area (Å²) in [6.45, 7) is 6.51. The maximum atomic E-state index is 12.5. The third-order valence-electron chi connectivity index (χ3n) is 4.50. The number of amides is 2. The normalized spacial score (nSPS) is 20.2. The summed E-state index contributed by atoms with van der Waals surface area (Å²) in [7, 11) is 0. The summed E-state index contributed by atoms with van der Waals surface area (Å²) in [4.78, 5) is 25.8. The van der Waals surface area contributed by atoms with Crippen LogP contribution in [-0.2, 0) is 9.59 Å². The Morgan fingerprint density at radius 1 is 1.35 bits per heavy atom. The first-order chi connectivity index (χ1) is 10.9. The standard InChI is InChI=1S/C18H26N2O3/c1-12-4-6-15(7-5-12)17(19-14(3)22)10-18(23)20-9-8-16(11-20)13(2)21/h4-7,13,16-17,21H,8-11H2,1-3H3,(H,19,22). The van der Waals surface area contributed by atoms with Crippen LogP contribution in [0.2, 0.25) is 0 Å². The van der Waals surface area contributed by atoms with Crippen molar-refractivity contribution < 1.29 is 14.7 Å². The molecule has 2 rings (SSSR count). The summed E-state index contributed by atoms with van der Waals surface area (Å²) >= 11 is 0. The first-order valence-corrected chi connectivity index (χ1v) is 8.16. The lowest BCUT2D eigenvalue weighted by atomic mass is 10.0. The van der Waals surface area contributed by atoms with Gasteiger partial charge in [-0.25, -0.2) is 0 Å². The van der Waals surface area contributed by atoms with E-state index in [1.54, 1.807) is 11.8 Å². The molecule has 5 heteroatoms. The van der Waals surface area contributed by atoms with E-state index in [0.717, 1.165) is 17.5 Å². The molecule has 0 radical (unpaired) electrons. The van der Waals surface area contributed by atoms with Crippen LogP contribution in [0, 0.1) is 12.8 Å². The highest BCUT2D eigenvalue weighted by molar-refractivity contribution is 5.79. The third kappa shape index (κ3) is 4.79. The molecule has 0 spiro atoms. The average molecular weight is 318 g/mol. The molecule has 1 fully saturated rings. The zero-order valence-electron chi connectivity index (χ0n) is 14.1. The van der Waals surface area contributed by atoms with E-state index in [2.05, 4.69) is 5.32 Å². The summed E-state index contributed by atoms with van der Waals surface area (Å²) in [5.41, 5.74) is 2.08. The van der Waals surface area contributed by atoms with Crippen LogP contribution in [0.1, 0.15) is 43.9 Å². The van der Waals surface area contributed by atoms with Crippen LogP contribution in [-0.4, -0.2) is 41.0 Å². The Bertz CT molecular complexity index is 554. The van der Waals surface area contributed by atoms with Crippen molar-refractivity contribution in [3.05, 3.63) is 35.4 Å². The Balaban J connectivity index is 2.04. The third-order valence-corrected chi connectivity index (χ3v) is 4.50. The lowest BCUT2D eigenvalue weighted by molar-refractivity contribution is -0.131. The van der Waals surface area contributed by atoms with Gasteiger partial charge in [0.15, 0.2) is 0 Å². The van der Waals surface area contributed by atoms with E-state index in [-0.39, 0.29) is 30.2 Å². The number of carbonyl (C=O) groups is 2. The van der Waals surface area contributed by atoms with Crippen LogP contribution in [0.25, 0.3) is 0 Å². The minimum absolute atomic E-state index is 0.0208. The summed E-state index contributed by atoms with van der Waals surface area (Å²) in [6, 6.07) is 7.55. The molecule has 126 valence electrons. The Morgan fingerprint density at radius 2 is 2.00 bits per heavy atom. The smallest absolute Gasteiger partial charge is 0.224 e. The van der Waals surface area contributed by atoms with Crippen molar-refractivity contribution in [2.45, 2.75) is 45.8 Å². The molecule has 1 aromatic rings. The Hall–Kier alpha value is -1.88. The highest BCUT2D eigenvalue weighted by atomic mass is 16.3. The molecule has 1 saturated heterocycles. The van der Waals surface area contributed by atoms with Crippen molar-refractivity contribution in [2.24, 2.45) is 5.92 Å². The van der Waals surface area contributed by atoms with Crippen LogP contribution in [0.5, 0.6) is 0 Å². The first-order valence-electron chi connectivity index (χ1n) is 8.16. The molecule has 0 saturated carbocycles. The molecule has 2 N–H and O–H groups in total. The molecule has 1 heterocycles. The van der Waals surface area contributed by atoms with Crippen molar-refractivity contribution in [1.82, 2.24) is 10.2 Å². The van der Waals surface area contributed by atoms with E-state index in [1.165, 1.54) is 6.92 Å². The van der Waals surface area contributed by atoms with Gasteiger partial charge in [-0.15, -0.1) is 0 Å². The number of nitrogens with zero attached hydrogens (tertiary/aromatic N) is 1. The van der Waals surface area contributed by atoms with Gasteiger partial charge < -0.3 is 15.3 Å². The molecular formula is C18H26N2O3. The zero-order valence-corrected chi connectivity index (χ0v) is 14.1. The summed E-state index contributed by atoms with van der Waals surface area (Å²) in [6.07, 6.45) is 0.685. The van der Waals surface area contributed by atoms with Gasteiger partial charge in [-0.2, -0.15) is 0 Å². The topological polar surface area (TPSA) is 69.6 Å². The lowest BCUT2D eigenvalue weighted by Gasteiger charge is -2.23. The number of carbonyl (C=O) groups excluding carboxylic acids is 2. The fourth-order valence-electron chi connectivity index (χ4n) is 3.01. The number of aliphatic hydroxyl groups excluding tert-OH is 1. The molecule has 3 unspecified atom stereocenters. The van der Waals surface area contributed by atoms with Crippen LogP contribution < -0.4 is 5.32 Å². The molecule has 0 aliphatic carbocycles. The number of hydrogen-bond donors (Lipinski definition) is 2. The number of rotatable bonds is 5. The van der Waals surface area contributed by atoms with E-state index in [9.17, 15) is 14.7 Å². The van der Waals surface area contributed by atoms with Gasteiger partial charge in [0, 0.05) is 25.9 Å². The summed E-state index contributed by atoms with van der Waals surface area (Å²) in [5, 5.41) is 12.5. The largest absolute Gasteiger partial charge is 0.393 e. The van der Waals surface area contributed by atoms with E-state index in [4.69, 9.17) is 0 Å². The van der Waals surface area contributed by atoms with E-state index >= 15 is 0 Å². The summed E-state index contributed by atoms with van der Waals surface area (Å²) < 4.78 is 0. The molecule has 0 aromatic heterocycles. The fraction of sp³-hybridized carbons (Fsp3) is 0.556. The van der Waals surface area contributed by atoms with Crippen molar-refractivity contribution in [2.75, 3.05) is 13.1 Å². The molecule has 1 aliphatic rings. The average Bonchev–Trinajstić information content (AvgIpc) is 2.97. The van der Waals surface area contributed by atoms with Crippen LogP contribution in [0.15, 0.2) is 24.3 Å². The Morgan fingerprint density at radius 3 is 2.52 bits per heavy atom. The zero-order chi connectivity index (χ0) is 17.0. The Labute approximate surface area is 137 Å². The molecule has 2 amide bonds. The number of hydrogen-bond acceptors (Lipinski definition) is 3. The van der Waals surface area contributed by atoms with Gasteiger partial charge in [0.25, 0.3) is 0 Å². The number of aliphatic hydroxyl groups is 1. The Kier molecular flexibility index (Phi) is 5.77. The number of nitrogens with one attached hydrogen (secondary N) is 1. The number of aryl methyl sites for hydroxylation is 1. The molecule has 3 atom stereocenters. The minimum atomic E-state index is -0.393. The second-order valence-corrected chi connectivity index (χ2v) is 6.50. The molecule has 23 heavy (non-hydrogen) atoms. The molecule has 1 aromatic carbocycles. The maximum Gasteiger partial charge on any atom is 0.224 e. The summed E-state index contributed by atoms with van der Waals surface area (Å²) in [5.74, 6) is 0.0247. The van der Waals surface area contributed by atoms with Gasteiger partial charge in [0.2, 0.25) is 11.8 Å². The SMILES string of the molecule is CC(=O)NC(CC(=O)N1CCC(C(C)O)C1)c1ccc(C)cc1. The van der Waals surface area contributed by atoms with E-state index < -0.39 is 6.10 Å². The quantitative estimate of drug-likeness (QED) is 0.869. The predicted molar refractivity (Wildman–Crippen MR) is 88.7 cm³/mol. The van der Waals surface area contributed by atoms with Crippen LogP contribution >= 0.6 is 0 Å². The van der Waals surface area contributed by atoms with Crippen molar-refractivity contribution >= 4 is 11.8 Å². The van der Waals surface area contributed by atoms with Crippen molar-refractivity contribution in [1.29, 1.82) is 0 Å². The molecule has 0 bridgehead atoms. The van der Waals surface area contributed by atoms with Gasteiger partial charge in [-0.1, -0.05) is 29.8 Å². The van der Waals surface area contributed by atoms with Crippen LogP contribution in [0.3, 0.4) is 0 Å². The monoisotopic (exact) mass is 318 g/mol. The predicted octanol–water partition coefficient (Wildman–Crippen LogP) is 1.79. The molecule has 1 aliphatic heterocycles. The van der Waals surface area contributed by atoms with E-state index in [0.29, 0.717) is 13.1 Å². The number of benzene rings is 1. The minimum Gasteiger partial charge on any atom is -0.393 e. The first kappa shape index (κ1) is 17.5. The van der Waals surface area contributed by atoms with Crippen molar-refractivity contribution in [3.63, 3.8) is 0 Å². The van der Waals surface area contributed by atoms with Gasteiger partial charge >= 0.3 is 0 Å². The molecular weight excluding hydrogens is 292 g/mol. The number of likely N-dealkylation sites (tertiary alicyclic amines) is 1.